The van der Waals surface area contributed by atoms with Gasteiger partial charge in [0.15, 0.2) is 5.82 Å². The molecule has 3 aromatic heterocycles. The third-order valence-corrected chi connectivity index (χ3v) is 4.28. The van der Waals surface area contributed by atoms with E-state index in [-0.39, 0.29) is 5.92 Å². The van der Waals surface area contributed by atoms with Crippen molar-refractivity contribution in [2.75, 3.05) is 11.9 Å². The number of nitrogens with zero attached hydrogens (tertiary/aromatic N) is 3. The summed E-state index contributed by atoms with van der Waals surface area (Å²) in [7, 11) is 0. The molecule has 1 amide bonds. The molecule has 0 bridgehead atoms. The molecule has 0 aromatic carbocycles. The van der Waals surface area contributed by atoms with Crippen molar-refractivity contribution in [2.45, 2.75) is 26.3 Å². The molecule has 148 valence electrons. The van der Waals surface area contributed by atoms with E-state index in [1.165, 1.54) is 6.20 Å². The number of pyridine rings is 1. The van der Waals surface area contributed by atoms with Crippen LogP contribution in [-0.2, 0) is 4.79 Å². The molecule has 0 aliphatic carbocycles. The number of amides is 1. The molecule has 0 fully saturated rings. The van der Waals surface area contributed by atoms with Crippen LogP contribution in [0.3, 0.4) is 0 Å². The highest BCUT2D eigenvalue weighted by molar-refractivity contribution is 6.31. The van der Waals surface area contributed by atoms with E-state index in [2.05, 4.69) is 30.6 Å². The molecule has 1 atom stereocenters. The minimum atomic E-state index is -2.61. The molecule has 3 N–H and O–H groups in total. The zero-order valence-corrected chi connectivity index (χ0v) is 16.0. The van der Waals surface area contributed by atoms with Gasteiger partial charge >= 0.3 is 0 Å². The molecule has 10 heteroatoms. The van der Waals surface area contributed by atoms with Crippen molar-refractivity contribution >= 4 is 34.4 Å². The highest BCUT2D eigenvalue weighted by Crippen LogP contribution is 2.27. The van der Waals surface area contributed by atoms with Crippen molar-refractivity contribution in [3.63, 3.8) is 0 Å². The average Bonchev–Trinajstić information content (AvgIpc) is 3.07. The summed E-state index contributed by atoms with van der Waals surface area (Å²) in [5, 5.41) is 6.49. The number of H-pyrrole nitrogens is 1. The molecule has 3 heterocycles. The Balaban J connectivity index is 1.85. The monoisotopic (exact) mass is 408 g/mol. The Kier molecular flexibility index (Phi) is 6.03. The van der Waals surface area contributed by atoms with Crippen LogP contribution in [0.4, 0.5) is 14.6 Å². The zero-order valence-electron chi connectivity index (χ0n) is 15.2. The van der Waals surface area contributed by atoms with Gasteiger partial charge in [0.2, 0.25) is 5.91 Å². The molecule has 0 saturated carbocycles. The maximum absolute atomic E-state index is 12.4. The smallest absolute Gasteiger partial charge is 0.255 e. The van der Waals surface area contributed by atoms with Crippen LogP contribution < -0.4 is 10.6 Å². The fourth-order valence-electron chi connectivity index (χ4n) is 2.71. The molecule has 7 nitrogen and oxygen atoms in total. The van der Waals surface area contributed by atoms with Crippen molar-refractivity contribution in [3.8, 4) is 11.4 Å². The van der Waals surface area contributed by atoms with Crippen LogP contribution in [0.15, 0.2) is 30.7 Å². The number of carbonyl (C=O) groups excluding carboxylic acids is 1. The average molecular weight is 409 g/mol. The molecular weight excluding hydrogens is 390 g/mol. The number of hydrogen-bond acceptors (Lipinski definition) is 5. The lowest BCUT2D eigenvalue weighted by Crippen LogP contribution is -2.44. The first-order valence-corrected chi connectivity index (χ1v) is 9.01. The number of nitrogens with one attached hydrogen (secondary N) is 3. The Hall–Kier alpha value is -2.81. The second kappa shape index (κ2) is 8.47. The number of halogens is 3. The van der Waals surface area contributed by atoms with Gasteiger partial charge in [-0.2, -0.15) is 0 Å². The Morgan fingerprint density at radius 3 is 2.82 bits per heavy atom. The van der Waals surface area contributed by atoms with Crippen molar-refractivity contribution in [2.24, 2.45) is 5.92 Å². The van der Waals surface area contributed by atoms with Crippen LogP contribution in [0.1, 0.15) is 13.8 Å². The SMILES string of the molecule is CC(C)C(Nc1ccnc(-c2c[nH]c3ncc(Cl)cc23)n1)C(=O)NCC(F)F. The standard InChI is InChI=1S/C18H19ClF2N6O/c1-9(2)15(18(28)25-8-13(20)21)26-14-3-4-22-17(27-14)12-7-24-16-11(12)5-10(19)6-23-16/h3-7,9,13,15H,8H2,1-2H3,(H,23,24)(H,25,28)(H,22,26,27). The fraction of sp³-hybridized carbons (Fsp3) is 0.333. The van der Waals surface area contributed by atoms with E-state index in [1.807, 2.05) is 13.8 Å². The van der Waals surface area contributed by atoms with E-state index < -0.39 is 24.9 Å². The summed E-state index contributed by atoms with van der Waals surface area (Å²) >= 11 is 6.03. The fourth-order valence-corrected chi connectivity index (χ4v) is 2.87. The maximum Gasteiger partial charge on any atom is 0.255 e. The molecule has 28 heavy (non-hydrogen) atoms. The molecule has 3 aromatic rings. The third-order valence-electron chi connectivity index (χ3n) is 4.08. The van der Waals surface area contributed by atoms with Crippen LogP contribution in [0.25, 0.3) is 22.4 Å². The number of fused-ring (bicyclic) bond motifs is 1. The summed E-state index contributed by atoms with van der Waals surface area (Å²) in [5.74, 6) is 0.154. The number of hydrogen-bond donors (Lipinski definition) is 3. The number of aromatic amines is 1. The Labute approximate surface area is 164 Å². The molecule has 0 aliphatic rings. The van der Waals surface area contributed by atoms with Crippen LogP contribution in [0.2, 0.25) is 5.02 Å². The summed E-state index contributed by atoms with van der Waals surface area (Å²) in [6, 6.07) is 2.65. The first-order valence-electron chi connectivity index (χ1n) is 8.63. The van der Waals surface area contributed by atoms with Gasteiger partial charge in [0.25, 0.3) is 6.43 Å². The van der Waals surface area contributed by atoms with E-state index >= 15 is 0 Å². The number of anilines is 1. The number of carbonyl (C=O) groups is 1. The summed E-state index contributed by atoms with van der Waals surface area (Å²) in [6.45, 7) is 2.94. The normalized spacial score (nSPS) is 12.5. The number of aromatic nitrogens is 4. The van der Waals surface area contributed by atoms with E-state index in [1.54, 1.807) is 24.5 Å². The van der Waals surface area contributed by atoms with Gasteiger partial charge in [0.05, 0.1) is 11.6 Å². The minimum absolute atomic E-state index is 0.146. The lowest BCUT2D eigenvalue weighted by molar-refractivity contribution is -0.123. The zero-order chi connectivity index (χ0) is 20.3. The van der Waals surface area contributed by atoms with Gasteiger partial charge in [-0.15, -0.1) is 0 Å². The largest absolute Gasteiger partial charge is 0.358 e. The van der Waals surface area contributed by atoms with Gasteiger partial charge in [0.1, 0.15) is 17.5 Å². The minimum Gasteiger partial charge on any atom is -0.358 e. The Morgan fingerprint density at radius 2 is 2.11 bits per heavy atom. The van der Waals surface area contributed by atoms with E-state index in [4.69, 9.17) is 11.6 Å². The number of rotatable bonds is 7. The van der Waals surface area contributed by atoms with E-state index in [9.17, 15) is 13.6 Å². The van der Waals surface area contributed by atoms with Gasteiger partial charge in [0, 0.05) is 29.5 Å². The van der Waals surface area contributed by atoms with Gasteiger partial charge in [-0.1, -0.05) is 25.4 Å². The predicted octanol–water partition coefficient (Wildman–Crippen LogP) is 3.49. The lowest BCUT2D eigenvalue weighted by atomic mass is 10.0. The van der Waals surface area contributed by atoms with Gasteiger partial charge in [-0.25, -0.2) is 23.7 Å². The van der Waals surface area contributed by atoms with Crippen molar-refractivity contribution in [1.29, 1.82) is 0 Å². The molecule has 0 radical (unpaired) electrons. The second-order valence-electron chi connectivity index (χ2n) is 6.52. The van der Waals surface area contributed by atoms with Crippen LogP contribution in [-0.4, -0.2) is 44.9 Å². The van der Waals surface area contributed by atoms with E-state index in [0.717, 1.165) is 5.39 Å². The molecule has 0 spiro atoms. The van der Waals surface area contributed by atoms with E-state index in [0.29, 0.717) is 27.9 Å². The van der Waals surface area contributed by atoms with Gasteiger partial charge in [-0.05, 0) is 18.1 Å². The molecular formula is C18H19ClF2N6O. The maximum atomic E-state index is 12.4. The van der Waals surface area contributed by atoms with Crippen molar-refractivity contribution in [1.82, 2.24) is 25.3 Å². The predicted molar refractivity (Wildman–Crippen MR) is 103 cm³/mol. The lowest BCUT2D eigenvalue weighted by Gasteiger charge is -2.22. The summed E-state index contributed by atoms with van der Waals surface area (Å²) in [4.78, 5) is 28.2. The summed E-state index contributed by atoms with van der Waals surface area (Å²) in [5.41, 5.74) is 1.35. The first kappa shape index (κ1) is 19.9. The van der Waals surface area contributed by atoms with Crippen molar-refractivity contribution in [3.05, 3.63) is 35.7 Å². The Bertz CT molecular complexity index is 978. The van der Waals surface area contributed by atoms with Crippen LogP contribution in [0.5, 0.6) is 0 Å². The quantitative estimate of drug-likeness (QED) is 0.556. The summed E-state index contributed by atoms with van der Waals surface area (Å²) in [6.07, 6.45) is 2.21. The van der Waals surface area contributed by atoms with Crippen molar-refractivity contribution < 1.29 is 13.6 Å². The summed E-state index contributed by atoms with van der Waals surface area (Å²) < 4.78 is 24.8. The van der Waals surface area contributed by atoms with Gasteiger partial charge in [-0.3, -0.25) is 4.79 Å². The molecule has 0 aliphatic heterocycles. The molecule has 0 saturated heterocycles. The van der Waals surface area contributed by atoms with Gasteiger partial charge < -0.3 is 15.6 Å². The number of alkyl halides is 2. The molecule has 3 rings (SSSR count). The first-order chi connectivity index (χ1) is 13.3. The Morgan fingerprint density at radius 1 is 1.32 bits per heavy atom. The van der Waals surface area contributed by atoms with Crippen LogP contribution >= 0.6 is 11.6 Å². The third kappa shape index (κ3) is 4.53. The molecule has 1 unspecified atom stereocenters. The van der Waals surface area contributed by atoms with Crippen LogP contribution in [0, 0.1) is 5.92 Å². The second-order valence-corrected chi connectivity index (χ2v) is 6.96. The highest BCUT2D eigenvalue weighted by atomic mass is 35.5. The highest BCUT2D eigenvalue weighted by Gasteiger charge is 2.23. The topological polar surface area (TPSA) is 95.6 Å².